The number of benzene rings is 2. The average molecular weight is 472 g/mol. The summed E-state index contributed by atoms with van der Waals surface area (Å²) in [6.07, 6.45) is 3.56. The number of carbonyl (C=O) groups is 1. The van der Waals surface area contributed by atoms with Gasteiger partial charge in [-0.1, -0.05) is 24.3 Å². The van der Waals surface area contributed by atoms with Crippen molar-refractivity contribution in [1.82, 2.24) is 14.5 Å². The number of methoxy groups -OCH3 is 1. The molecule has 2 fully saturated rings. The summed E-state index contributed by atoms with van der Waals surface area (Å²) >= 11 is 0. The number of likely N-dealkylation sites (tertiary alicyclic amines) is 1. The lowest BCUT2D eigenvalue weighted by molar-refractivity contribution is -0.126. The van der Waals surface area contributed by atoms with E-state index in [0.717, 1.165) is 25.2 Å². The van der Waals surface area contributed by atoms with Crippen molar-refractivity contribution in [2.75, 3.05) is 33.3 Å². The Bertz CT molecular complexity index is 1040. The van der Waals surface area contributed by atoms with E-state index in [9.17, 15) is 13.2 Å². The van der Waals surface area contributed by atoms with E-state index in [0.29, 0.717) is 38.2 Å². The van der Waals surface area contributed by atoms with Crippen molar-refractivity contribution in [3.63, 3.8) is 0 Å². The quantitative estimate of drug-likeness (QED) is 0.640. The van der Waals surface area contributed by atoms with Gasteiger partial charge in [0, 0.05) is 32.1 Å². The molecule has 0 unspecified atom stereocenters. The molecule has 2 aliphatic heterocycles. The number of amides is 1. The molecule has 7 nitrogen and oxygen atoms in total. The molecular formula is C25H33N3O4S. The number of piperidine rings is 1. The van der Waals surface area contributed by atoms with Crippen LogP contribution in [0.2, 0.25) is 0 Å². The summed E-state index contributed by atoms with van der Waals surface area (Å²) in [7, 11) is -2.02. The molecule has 4 rings (SSSR count). The van der Waals surface area contributed by atoms with Crippen LogP contribution in [-0.2, 0) is 27.9 Å². The molecule has 0 bridgehead atoms. The summed E-state index contributed by atoms with van der Waals surface area (Å²) < 4.78 is 32.5. The largest absolute Gasteiger partial charge is 0.497 e. The van der Waals surface area contributed by atoms with Crippen molar-refractivity contribution < 1.29 is 17.9 Å². The van der Waals surface area contributed by atoms with Gasteiger partial charge in [-0.05, 0) is 74.2 Å². The van der Waals surface area contributed by atoms with Gasteiger partial charge in [0.2, 0.25) is 15.9 Å². The van der Waals surface area contributed by atoms with Crippen LogP contribution < -0.4 is 10.1 Å². The first kappa shape index (κ1) is 23.7. The molecule has 1 amide bonds. The zero-order chi connectivity index (χ0) is 23.3. The third-order valence-electron chi connectivity index (χ3n) is 6.69. The van der Waals surface area contributed by atoms with Crippen LogP contribution in [0.5, 0.6) is 5.75 Å². The summed E-state index contributed by atoms with van der Waals surface area (Å²) in [5.74, 6) is 0.455. The molecule has 0 atom stereocenters. The number of nitrogens with zero attached hydrogens (tertiary/aromatic N) is 2. The predicted octanol–water partition coefficient (Wildman–Crippen LogP) is 3.01. The zero-order valence-corrected chi connectivity index (χ0v) is 20.0. The van der Waals surface area contributed by atoms with Crippen molar-refractivity contribution in [3.8, 4) is 5.75 Å². The van der Waals surface area contributed by atoms with E-state index in [2.05, 4.69) is 28.4 Å². The summed E-state index contributed by atoms with van der Waals surface area (Å²) in [5, 5.41) is 3.09. The fourth-order valence-electron chi connectivity index (χ4n) is 4.65. The third-order valence-corrected chi connectivity index (χ3v) is 8.60. The molecule has 1 N–H and O–H groups in total. The average Bonchev–Trinajstić information content (AvgIpc) is 3.36. The number of ether oxygens (including phenoxy) is 1. The molecular weight excluding hydrogens is 438 g/mol. The smallest absolute Gasteiger partial charge is 0.243 e. The van der Waals surface area contributed by atoms with Gasteiger partial charge in [-0.15, -0.1) is 0 Å². The van der Waals surface area contributed by atoms with Gasteiger partial charge >= 0.3 is 0 Å². The first-order valence-electron chi connectivity index (χ1n) is 11.7. The van der Waals surface area contributed by atoms with Gasteiger partial charge in [0.15, 0.2) is 0 Å². The number of nitrogens with one attached hydrogen (secondary N) is 1. The van der Waals surface area contributed by atoms with Gasteiger partial charge in [0.1, 0.15) is 5.75 Å². The summed E-state index contributed by atoms with van der Waals surface area (Å²) in [4.78, 5) is 15.5. The number of carbonyl (C=O) groups excluding carboxylic acids is 1. The van der Waals surface area contributed by atoms with Gasteiger partial charge < -0.3 is 10.1 Å². The van der Waals surface area contributed by atoms with Crippen LogP contribution in [0.25, 0.3) is 0 Å². The van der Waals surface area contributed by atoms with E-state index in [4.69, 9.17) is 4.74 Å². The summed E-state index contributed by atoms with van der Waals surface area (Å²) in [6.45, 7) is 4.40. The first-order chi connectivity index (χ1) is 16.0. The molecule has 0 aliphatic carbocycles. The number of rotatable bonds is 8. The van der Waals surface area contributed by atoms with Crippen LogP contribution in [0.4, 0.5) is 0 Å². The first-order valence-corrected chi connectivity index (χ1v) is 13.1. The van der Waals surface area contributed by atoms with E-state index >= 15 is 0 Å². The lowest BCUT2D eigenvalue weighted by Crippen LogP contribution is -2.42. The highest BCUT2D eigenvalue weighted by molar-refractivity contribution is 7.89. The normalized spacial score (nSPS) is 18.3. The number of hydrogen-bond donors (Lipinski definition) is 1. The summed E-state index contributed by atoms with van der Waals surface area (Å²) in [5.41, 5.74) is 2.41. The highest BCUT2D eigenvalue weighted by Crippen LogP contribution is 2.25. The van der Waals surface area contributed by atoms with Gasteiger partial charge in [-0.25, -0.2) is 8.42 Å². The predicted molar refractivity (Wildman–Crippen MR) is 127 cm³/mol. The molecule has 2 aromatic carbocycles. The van der Waals surface area contributed by atoms with E-state index < -0.39 is 10.0 Å². The fourth-order valence-corrected chi connectivity index (χ4v) is 6.12. The van der Waals surface area contributed by atoms with Crippen molar-refractivity contribution in [2.45, 2.75) is 43.7 Å². The Morgan fingerprint density at radius 1 is 0.970 bits per heavy atom. The van der Waals surface area contributed by atoms with Crippen LogP contribution in [0.3, 0.4) is 0 Å². The number of hydrogen-bond acceptors (Lipinski definition) is 5. The molecule has 8 heteroatoms. The lowest BCUT2D eigenvalue weighted by atomic mass is 9.97. The third kappa shape index (κ3) is 5.75. The van der Waals surface area contributed by atoms with Crippen LogP contribution in [-0.4, -0.2) is 56.8 Å². The minimum atomic E-state index is -3.57. The highest BCUT2D eigenvalue weighted by Gasteiger charge is 2.32. The molecule has 0 spiro atoms. The second kappa shape index (κ2) is 10.7. The maximum absolute atomic E-state index is 12.9. The topological polar surface area (TPSA) is 79.0 Å². The SMILES string of the molecule is COc1ccc(S(=O)(=O)N2CCC(C(=O)NCc3ccccc3CN3CCCC3)CC2)cc1. The zero-order valence-electron chi connectivity index (χ0n) is 19.2. The van der Waals surface area contributed by atoms with Gasteiger partial charge in [0.05, 0.1) is 12.0 Å². The van der Waals surface area contributed by atoms with Crippen molar-refractivity contribution in [2.24, 2.45) is 5.92 Å². The molecule has 2 aliphatic rings. The van der Waals surface area contributed by atoms with Crippen molar-refractivity contribution in [3.05, 3.63) is 59.7 Å². The van der Waals surface area contributed by atoms with E-state index in [1.807, 2.05) is 6.07 Å². The van der Waals surface area contributed by atoms with Crippen LogP contribution in [0.1, 0.15) is 36.8 Å². The maximum atomic E-state index is 12.9. The van der Waals surface area contributed by atoms with E-state index in [1.54, 1.807) is 31.4 Å². The molecule has 0 radical (unpaired) electrons. The molecule has 178 valence electrons. The molecule has 2 saturated heterocycles. The van der Waals surface area contributed by atoms with Crippen LogP contribution in [0.15, 0.2) is 53.4 Å². The molecule has 2 aromatic rings. The standard InChI is InChI=1S/C25H33N3O4S/c1-32-23-8-10-24(11-9-23)33(30,31)28-16-12-20(13-17-28)25(29)26-18-21-6-2-3-7-22(21)19-27-14-4-5-15-27/h2-3,6-11,20H,4-5,12-19H2,1H3,(H,26,29). The summed E-state index contributed by atoms with van der Waals surface area (Å²) in [6, 6.07) is 14.7. The Morgan fingerprint density at radius 2 is 1.61 bits per heavy atom. The van der Waals surface area contributed by atoms with E-state index in [1.165, 1.54) is 22.7 Å². The molecule has 2 heterocycles. The molecule has 33 heavy (non-hydrogen) atoms. The second-order valence-electron chi connectivity index (χ2n) is 8.82. The Morgan fingerprint density at radius 3 is 2.24 bits per heavy atom. The Kier molecular flexibility index (Phi) is 7.67. The Labute approximate surface area is 196 Å². The minimum Gasteiger partial charge on any atom is -0.497 e. The van der Waals surface area contributed by atoms with Crippen molar-refractivity contribution in [1.29, 1.82) is 0 Å². The highest BCUT2D eigenvalue weighted by atomic mass is 32.2. The number of sulfonamides is 1. The Balaban J connectivity index is 1.30. The van der Waals surface area contributed by atoms with Gasteiger partial charge in [0.25, 0.3) is 0 Å². The fraction of sp³-hybridized carbons (Fsp3) is 0.480. The minimum absolute atomic E-state index is 0.00692. The van der Waals surface area contributed by atoms with Gasteiger partial charge in [-0.3, -0.25) is 9.69 Å². The molecule has 0 aromatic heterocycles. The van der Waals surface area contributed by atoms with Crippen LogP contribution in [0, 0.1) is 5.92 Å². The van der Waals surface area contributed by atoms with Gasteiger partial charge in [-0.2, -0.15) is 4.31 Å². The Hall–Kier alpha value is -2.42. The maximum Gasteiger partial charge on any atom is 0.243 e. The lowest BCUT2D eigenvalue weighted by Gasteiger charge is -2.30. The van der Waals surface area contributed by atoms with E-state index in [-0.39, 0.29) is 16.7 Å². The van der Waals surface area contributed by atoms with Crippen LogP contribution >= 0.6 is 0 Å². The second-order valence-corrected chi connectivity index (χ2v) is 10.8. The van der Waals surface area contributed by atoms with Crippen molar-refractivity contribution >= 4 is 15.9 Å². The molecule has 0 saturated carbocycles. The monoisotopic (exact) mass is 471 g/mol.